The third-order valence-electron chi connectivity index (χ3n) is 6.41. The number of ether oxygens (including phenoxy) is 3. The molecule has 4 rings (SSSR count). The largest absolute Gasteiger partial charge is 0.479 e. The molecule has 1 atom stereocenters. The second-order valence-corrected chi connectivity index (χ2v) is 15.1. The first-order valence-electron chi connectivity index (χ1n) is 12.2. The number of hydrogen-bond donors (Lipinski definition) is 2. The first-order chi connectivity index (χ1) is 17.6. The van der Waals surface area contributed by atoms with Crippen LogP contribution in [0.25, 0.3) is 0 Å². The lowest BCUT2D eigenvalue weighted by molar-refractivity contribution is 0.0990. The maximum atomic E-state index is 13.1. The molecule has 10 nitrogen and oxygen atoms in total. The molecule has 0 aliphatic carbocycles. The van der Waals surface area contributed by atoms with Gasteiger partial charge in [-0.25, -0.2) is 0 Å². The second-order valence-electron chi connectivity index (χ2n) is 10.0. The highest BCUT2D eigenvalue weighted by molar-refractivity contribution is 6.88. The molecule has 2 N–H and O–H groups in total. The molecule has 3 aromatic rings. The lowest BCUT2D eigenvalue weighted by Gasteiger charge is -2.19. The van der Waals surface area contributed by atoms with Crippen LogP contribution in [0.5, 0.6) is 23.5 Å². The van der Waals surface area contributed by atoms with Crippen LogP contribution in [-0.4, -0.2) is 64.3 Å². The van der Waals surface area contributed by atoms with Crippen LogP contribution >= 0.6 is 0 Å². The summed E-state index contributed by atoms with van der Waals surface area (Å²) in [5.41, 5.74) is 1.20. The van der Waals surface area contributed by atoms with Gasteiger partial charge in [0.1, 0.15) is 5.75 Å². The third-order valence-corrected chi connectivity index (χ3v) is 8.45. The van der Waals surface area contributed by atoms with E-state index in [9.17, 15) is 4.79 Å². The van der Waals surface area contributed by atoms with Gasteiger partial charge in [0, 0.05) is 25.2 Å². The van der Waals surface area contributed by atoms with Gasteiger partial charge in [-0.1, -0.05) is 37.0 Å². The Morgan fingerprint density at radius 2 is 1.81 bits per heavy atom. The van der Waals surface area contributed by atoms with E-state index in [1.807, 2.05) is 24.9 Å². The molecule has 0 spiro atoms. The topological polar surface area (TPSA) is 111 Å². The molecule has 1 aliphatic heterocycles. The van der Waals surface area contributed by atoms with Crippen LogP contribution in [-0.2, 0) is 0 Å². The van der Waals surface area contributed by atoms with E-state index >= 15 is 0 Å². The Morgan fingerprint density at radius 1 is 1.11 bits per heavy atom. The lowest BCUT2D eigenvalue weighted by Crippen LogP contribution is -2.37. The summed E-state index contributed by atoms with van der Waals surface area (Å²) in [5.74, 6) is 1.37. The second kappa shape index (κ2) is 10.8. The minimum atomic E-state index is -1.51. The molecule has 1 aromatic carbocycles. The number of methoxy groups -OCH3 is 2. The summed E-state index contributed by atoms with van der Waals surface area (Å²) >= 11 is 0. The fourth-order valence-corrected chi connectivity index (χ4v) is 5.24. The number of nitrogens with zero attached hydrogens (tertiary/aromatic N) is 3. The van der Waals surface area contributed by atoms with Gasteiger partial charge in [-0.2, -0.15) is 9.97 Å². The number of amides is 1. The SMILES string of the molecule is CNC1CCN(c2nc(OC)c(NC(=O)c3ccc(Oc4cc([Si](C)(C)C)ccc4C)o3)c(OC)n2)C1. The van der Waals surface area contributed by atoms with E-state index in [-0.39, 0.29) is 29.2 Å². The summed E-state index contributed by atoms with van der Waals surface area (Å²) in [5, 5.41) is 7.31. The number of hydrogen-bond acceptors (Lipinski definition) is 9. The maximum absolute atomic E-state index is 13.1. The van der Waals surface area contributed by atoms with E-state index < -0.39 is 14.0 Å². The fourth-order valence-electron chi connectivity index (χ4n) is 4.09. The Labute approximate surface area is 218 Å². The number of furan rings is 1. The van der Waals surface area contributed by atoms with Crippen LogP contribution in [0.3, 0.4) is 0 Å². The molecular formula is C26H35N5O5Si. The van der Waals surface area contributed by atoms with Crippen molar-refractivity contribution in [3.8, 4) is 23.5 Å². The zero-order valence-electron chi connectivity index (χ0n) is 22.5. The Bertz CT molecular complexity index is 1250. The molecule has 1 fully saturated rings. The monoisotopic (exact) mass is 525 g/mol. The summed E-state index contributed by atoms with van der Waals surface area (Å²) < 4.78 is 22.7. The molecule has 2 aromatic heterocycles. The van der Waals surface area contributed by atoms with Crippen LogP contribution in [0.2, 0.25) is 19.6 Å². The molecule has 198 valence electrons. The summed E-state index contributed by atoms with van der Waals surface area (Å²) in [4.78, 5) is 24.1. The van der Waals surface area contributed by atoms with E-state index in [1.165, 1.54) is 19.4 Å². The number of carbonyl (C=O) groups excluding carboxylic acids is 1. The average Bonchev–Trinajstić information content (AvgIpc) is 3.54. The number of carbonyl (C=O) groups is 1. The van der Waals surface area contributed by atoms with Gasteiger partial charge in [-0.05, 0) is 38.1 Å². The summed E-state index contributed by atoms with van der Waals surface area (Å²) in [7, 11) is 3.39. The molecule has 1 amide bonds. The first-order valence-corrected chi connectivity index (χ1v) is 15.7. The van der Waals surface area contributed by atoms with Crippen LogP contribution in [0.15, 0.2) is 34.7 Å². The van der Waals surface area contributed by atoms with Gasteiger partial charge < -0.3 is 34.2 Å². The molecule has 0 bridgehead atoms. The van der Waals surface area contributed by atoms with Crippen molar-refractivity contribution in [2.45, 2.75) is 39.0 Å². The maximum Gasteiger partial charge on any atom is 0.291 e. The molecule has 37 heavy (non-hydrogen) atoms. The van der Waals surface area contributed by atoms with E-state index in [1.54, 1.807) is 12.1 Å². The average molecular weight is 526 g/mol. The zero-order chi connectivity index (χ0) is 26.7. The number of rotatable bonds is 9. The summed E-state index contributed by atoms with van der Waals surface area (Å²) in [6, 6.07) is 9.78. The van der Waals surface area contributed by atoms with Crippen LogP contribution in [0.4, 0.5) is 11.6 Å². The minimum absolute atomic E-state index is 0.0681. The van der Waals surface area contributed by atoms with Crippen LogP contribution < -0.4 is 34.9 Å². The van der Waals surface area contributed by atoms with E-state index in [0.29, 0.717) is 17.7 Å². The van der Waals surface area contributed by atoms with Gasteiger partial charge in [0.2, 0.25) is 17.7 Å². The van der Waals surface area contributed by atoms with E-state index in [0.717, 1.165) is 25.1 Å². The lowest BCUT2D eigenvalue weighted by atomic mass is 10.2. The van der Waals surface area contributed by atoms with Crippen LogP contribution in [0, 0.1) is 6.92 Å². The predicted molar refractivity (Wildman–Crippen MR) is 146 cm³/mol. The smallest absolute Gasteiger partial charge is 0.291 e. The number of aromatic nitrogens is 2. The van der Waals surface area contributed by atoms with Gasteiger partial charge in [-0.15, -0.1) is 0 Å². The Balaban J connectivity index is 1.53. The van der Waals surface area contributed by atoms with E-state index in [4.69, 9.17) is 18.6 Å². The molecule has 1 saturated heterocycles. The Kier molecular flexibility index (Phi) is 7.74. The van der Waals surface area contributed by atoms with Gasteiger partial charge in [-0.3, -0.25) is 4.79 Å². The molecule has 1 aliphatic rings. The highest BCUT2D eigenvalue weighted by Crippen LogP contribution is 2.35. The van der Waals surface area contributed by atoms with Crippen molar-refractivity contribution in [2.24, 2.45) is 0 Å². The van der Waals surface area contributed by atoms with Gasteiger partial charge >= 0.3 is 0 Å². The summed E-state index contributed by atoms with van der Waals surface area (Å²) in [6.45, 7) is 10.4. The molecule has 3 heterocycles. The number of nitrogens with one attached hydrogen (secondary N) is 2. The van der Waals surface area contributed by atoms with Crippen LogP contribution in [0.1, 0.15) is 22.5 Å². The van der Waals surface area contributed by atoms with Crippen molar-refractivity contribution >= 4 is 30.8 Å². The van der Waals surface area contributed by atoms with Gasteiger partial charge in [0.05, 0.1) is 22.3 Å². The van der Waals surface area contributed by atoms with Crippen molar-refractivity contribution < 1.29 is 23.4 Å². The number of aryl methyl sites for hydroxylation is 1. The zero-order valence-corrected chi connectivity index (χ0v) is 23.5. The standard InChI is InChI=1S/C26H35N5O5Si/c1-16-8-9-18(37(5,6)7)14-20(16)36-21-11-10-19(35-21)23(32)28-22-24(33-3)29-26(30-25(22)34-4)31-13-12-17(15-31)27-2/h8-11,14,17,27H,12-13,15H2,1-7H3,(H,28,32). The molecule has 11 heteroatoms. The highest BCUT2D eigenvalue weighted by Gasteiger charge is 2.27. The van der Waals surface area contributed by atoms with Crippen molar-refractivity contribution in [2.75, 3.05) is 44.6 Å². The molecule has 0 radical (unpaired) electrons. The first kappa shape index (κ1) is 26.5. The van der Waals surface area contributed by atoms with Crippen molar-refractivity contribution in [1.82, 2.24) is 15.3 Å². The number of likely N-dealkylation sites (N-methyl/N-ethyl adjacent to an activating group) is 1. The number of anilines is 2. The van der Waals surface area contributed by atoms with Crippen molar-refractivity contribution in [3.63, 3.8) is 0 Å². The molecule has 1 unspecified atom stereocenters. The molecular weight excluding hydrogens is 490 g/mol. The Morgan fingerprint density at radius 3 is 2.41 bits per heavy atom. The van der Waals surface area contributed by atoms with E-state index in [2.05, 4.69) is 52.4 Å². The quantitative estimate of drug-likeness (QED) is 0.403. The summed E-state index contributed by atoms with van der Waals surface area (Å²) in [6.07, 6.45) is 0.980. The van der Waals surface area contributed by atoms with Crippen molar-refractivity contribution in [1.29, 1.82) is 0 Å². The predicted octanol–water partition coefficient (Wildman–Crippen LogP) is 3.78. The fraction of sp³-hybridized carbons (Fsp3) is 0.423. The molecule has 0 saturated carbocycles. The van der Waals surface area contributed by atoms with Crippen molar-refractivity contribution in [3.05, 3.63) is 41.7 Å². The van der Waals surface area contributed by atoms with Gasteiger partial charge in [0.25, 0.3) is 11.9 Å². The normalized spacial score (nSPS) is 15.5. The highest BCUT2D eigenvalue weighted by atomic mass is 28.3. The number of benzene rings is 1. The Hall–Kier alpha value is -3.57. The minimum Gasteiger partial charge on any atom is -0.479 e. The van der Waals surface area contributed by atoms with Gasteiger partial charge in [0.15, 0.2) is 11.4 Å². The third kappa shape index (κ3) is 5.88.